The summed E-state index contributed by atoms with van der Waals surface area (Å²) in [4.78, 5) is 15.4. The number of thioether (sulfide) groups is 1. The van der Waals surface area contributed by atoms with E-state index >= 15 is 0 Å². The lowest BCUT2D eigenvalue weighted by Crippen LogP contribution is -2.28. The van der Waals surface area contributed by atoms with Gasteiger partial charge in [-0.1, -0.05) is 81.4 Å². The molecule has 0 saturated carbocycles. The molecule has 1 amide bonds. The lowest BCUT2D eigenvalue weighted by Gasteiger charge is -2.18. The normalized spacial score (nSPS) is 17.1. The molecule has 1 fully saturated rings. The van der Waals surface area contributed by atoms with Gasteiger partial charge in [0.25, 0.3) is 5.91 Å². The van der Waals surface area contributed by atoms with Crippen molar-refractivity contribution >= 4 is 41.2 Å². The van der Waals surface area contributed by atoms with E-state index in [4.69, 9.17) is 4.42 Å². The number of hydrogen-bond donors (Lipinski definition) is 0. The molecule has 3 aromatic rings. The molecule has 1 aliphatic rings. The first-order valence-corrected chi connectivity index (χ1v) is 11.9. The number of nitrogens with zero attached hydrogens (tertiary/aromatic N) is 3. The highest BCUT2D eigenvalue weighted by molar-refractivity contribution is 8.18. The van der Waals surface area contributed by atoms with Gasteiger partial charge in [-0.2, -0.15) is 5.10 Å². The zero-order valence-corrected chi connectivity index (χ0v) is 20.3. The SMILES string of the molecule is CC(C)(C)c1ccc(/C=C2\S\C(=N/N=C/C=C/c3ccccc3)N(Cc3ccco3)C2=O)cc1. The molecule has 2 aromatic carbocycles. The Hall–Kier alpha value is -3.64. The molecule has 4 rings (SSSR count). The van der Waals surface area contributed by atoms with Crippen molar-refractivity contribution in [3.8, 4) is 0 Å². The Bertz CT molecular complexity index is 1230. The van der Waals surface area contributed by atoms with Gasteiger partial charge in [-0.25, -0.2) is 0 Å². The highest BCUT2D eigenvalue weighted by Crippen LogP contribution is 2.34. The van der Waals surface area contributed by atoms with Crippen molar-refractivity contribution in [3.05, 3.63) is 106 Å². The zero-order chi connectivity index (χ0) is 24.0. The summed E-state index contributed by atoms with van der Waals surface area (Å²) in [6.45, 7) is 6.85. The second kappa shape index (κ2) is 10.5. The van der Waals surface area contributed by atoms with E-state index in [1.807, 2.05) is 66.8 Å². The number of rotatable bonds is 6. The number of furan rings is 1. The molecule has 5 nitrogen and oxygen atoms in total. The summed E-state index contributed by atoms with van der Waals surface area (Å²) in [5, 5.41) is 9.01. The lowest BCUT2D eigenvalue weighted by atomic mass is 9.87. The monoisotopic (exact) mass is 469 g/mol. The van der Waals surface area contributed by atoms with Crippen LogP contribution in [0.25, 0.3) is 12.2 Å². The number of amidine groups is 1. The molecule has 0 N–H and O–H groups in total. The van der Waals surface area contributed by atoms with Crippen LogP contribution in [0.3, 0.4) is 0 Å². The van der Waals surface area contributed by atoms with Crippen LogP contribution in [-0.4, -0.2) is 22.2 Å². The topological polar surface area (TPSA) is 58.2 Å². The van der Waals surface area contributed by atoms with Crippen LogP contribution >= 0.6 is 11.8 Å². The first kappa shape index (κ1) is 23.5. The van der Waals surface area contributed by atoms with E-state index in [1.54, 1.807) is 23.4 Å². The molecule has 0 unspecified atom stereocenters. The molecule has 1 aromatic heterocycles. The number of hydrogen-bond acceptors (Lipinski definition) is 5. The van der Waals surface area contributed by atoms with Gasteiger partial charge in [-0.05, 0) is 58.2 Å². The predicted octanol–water partition coefficient (Wildman–Crippen LogP) is 6.75. The van der Waals surface area contributed by atoms with Crippen LogP contribution < -0.4 is 0 Å². The lowest BCUT2D eigenvalue weighted by molar-refractivity contribution is -0.122. The van der Waals surface area contributed by atoms with Crippen molar-refractivity contribution in [2.75, 3.05) is 0 Å². The number of benzene rings is 2. The molecule has 1 aliphatic heterocycles. The van der Waals surface area contributed by atoms with Gasteiger partial charge in [0.15, 0.2) is 5.17 Å². The Labute approximate surface area is 204 Å². The summed E-state index contributed by atoms with van der Waals surface area (Å²) in [5.41, 5.74) is 3.38. The number of carbonyl (C=O) groups is 1. The average molecular weight is 470 g/mol. The van der Waals surface area contributed by atoms with Crippen LogP contribution in [0.5, 0.6) is 0 Å². The van der Waals surface area contributed by atoms with E-state index in [0.29, 0.717) is 22.4 Å². The van der Waals surface area contributed by atoms with Crippen LogP contribution in [-0.2, 0) is 16.8 Å². The van der Waals surface area contributed by atoms with Crippen LogP contribution in [0.15, 0.2) is 98.6 Å². The van der Waals surface area contributed by atoms with Crippen molar-refractivity contribution < 1.29 is 9.21 Å². The van der Waals surface area contributed by atoms with Gasteiger partial charge >= 0.3 is 0 Å². The third-order valence-corrected chi connectivity index (χ3v) is 6.24. The first-order chi connectivity index (χ1) is 16.4. The number of allylic oxidation sites excluding steroid dienone is 1. The average Bonchev–Trinajstić information content (AvgIpc) is 3.44. The second-order valence-electron chi connectivity index (χ2n) is 8.87. The van der Waals surface area contributed by atoms with Crippen molar-refractivity contribution in [2.45, 2.75) is 32.7 Å². The Morgan fingerprint density at radius 2 is 1.74 bits per heavy atom. The fourth-order valence-electron chi connectivity index (χ4n) is 3.35. The maximum Gasteiger partial charge on any atom is 0.267 e. The second-order valence-corrected chi connectivity index (χ2v) is 9.88. The van der Waals surface area contributed by atoms with E-state index in [9.17, 15) is 4.79 Å². The van der Waals surface area contributed by atoms with Crippen molar-refractivity contribution in [2.24, 2.45) is 10.2 Å². The fraction of sp³-hybridized carbons (Fsp3) is 0.179. The number of carbonyl (C=O) groups excluding carboxylic acids is 1. The fourth-order valence-corrected chi connectivity index (χ4v) is 4.29. The van der Waals surface area contributed by atoms with E-state index in [0.717, 1.165) is 11.1 Å². The minimum atomic E-state index is -0.116. The first-order valence-electron chi connectivity index (χ1n) is 11.1. The smallest absolute Gasteiger partial charge is 0.267 e. The molecule has 2 heterocycles. The van der Waals surface area contributed by atoms with E-state index in [-0.39, 0.29) is 11.3 Å². The number of amides is 1. The molecular formula is C28H27N3O2S. The molecule has 172 valence electrons. The van der Waals surface area contributed by atoms with E-state index in [2.05, 4.69) is 43.1 Å². The van der Waals surface area contributed by atoms with Gasteiger partial charge < -0.3 is 4.42 Å². The molecule has 0 bridgehead atoms. The van der Waals surface area contributed by atoms with Crippen molar-refractivity contribution in [3.63, 3.8) is 0 Å². The van der Waals surface area contributed by atoms with Gasteiger partial charge in [0.1, 0.15) is 5.76 Å². The largest absolute Gasteiger partial charge is 0.467 e. The summed E-state index contributed by atoms with van der Waals surface area (Å²) >= 11 is 1.32. The minimum absolute atomic E-state index is 0.0796. The van der Waals surface area contributed by atoms with Gasteiger partial charge in [0.2, 0.25) is 0 Å². The molecule has 34 heavy (non-hydrogen) atoms. The molecular weight excluding hydrogens is 442 g/mol. The van der Waals surface area contributed by atoms with Crippen molar-refractivity contribution in [1.29, 1.82) is 0 Å². The molecule has 0 radical (unpaired) electrons. The van der Waals surface area contributed by atoms with Crippen LogP contribution in [0.1, 0.15) is 43.2 Å². The Kier molecular flexibility index (Phi) is 7.28. The van der Waals surface area contributed by atoms with Crippen LogP contribution in [0, 0.1) is 0 Å². The summed E-state index contributed by atoms with van der Waals surface area (Å²) in [6, 6.07) is 21.9. The third kappa shape index (κ3) is 6.02. The van der Waals surface area contributed by atoms with Gasteiger partial charge in [-0.3, -0.25) is 9.69 Å². The maximum atomic E-state index is 13.2. The molecule has 0 aliphatic carbocycles. The molecule has 6 heteroatoms. The highest BCUT2D eigenvalue weighted by Gasteiger charge is 2.34. The zero-order valence-electron chi connectivity index (χ0n) is 19.5. The molecule has 1 saturated heterocycles. The van der Waals surface area contributed by atoms with Gasteiger partial charge in [0.05, 0.1) is 17.7 Å². The Morgan fingerprint density at radius 1 is 0.971 bits per heavy atom. The van der Waals surface area contributed by atoms with Crippen LogP contribution in [0.2, 0.25) is 0 Å². The van der Waals surface area contributed by atoms with Crippen LogP contribution in [0.4, 0.5) is 0 Å². The predicted molar refractivity (Wildman–Crippen MR) is 141 cm³/mol. The quantitative estimate of drug-likeness (QED) is 0.228. The summed E-state index contributed by atoms with van der Waals surface area (Å²) < 4.78 is 5.46. The third-order valence-electron chi connectivity index (χ3n) is 5.24. The summed E-state index contributed by atoms with van der Waals surface area (Å²) in [6.07, 6.45) is 8.88. The van der Waals surface area contributed by atoms with Gasteiger partial charge in [-0.15, -0.1) is 5.10 Å². The maximum absolute atomic E-state index is 13.2. The Balaban J connectivity index is 1.55. The van der Waals surface area contributed by atoms with E-state index in [1.165, 1.54) is 17.3 Å². The summed E-state index contributed by atoms with van der Waals surface area (Å²) in [7, 11) is 0. The summed E-state index contributed by atoms with van der Waals surface area (Å²) in [5.74, 6) is 0.570. The molecule has 0 spiro atoms. The minimum Gasteiger partial charge on any atom is -0.467 e. The van der Waals surface area contributed by atoms with Crippen molar-refractivity contribution in [1.82, 2.24) is 4.90 Å². The standard InChI is InChI=1S/C28H27N3O2S/c1-28(2,3)23-15-13-22(14-16-23)19-25-26(32)31(20-24-12-8-18-33-24)27(34-25)30-29-17-7-11-21-9-5-4-6-10-21/h4-19H,20H2,1-3H3/b11-7+,25-19-,29-17+,30-27-. The highest BCUT2D eigenvalue weighted by atomic mass is 32.2. The van der Waals surface area contributed by atoms with Gasteiger partial charge in [0, 0.05) is 6.21 Å². The Morgan fingerprint density at radius 3 is 2.41 bits per heavy atom. The van der Waals surface area contributed by atoms with E-state index < -0.39 is 0 Å². The molecule has 0 atom stereocenters.